The number of halogens is 2. The maximum atomic E-state index is 13.3. The number of nitrogens with zero attached hydrogens (tertiary/aromatic N) is 4. The molecule has 0 N–H and O–H groups in total. The molecule has 0 amide bonds. The van der Waals surface area contributed by atoms with Crippen molar-refractivity contribution in [2.75, 3.05) is 25.1 Å². The van der Waals surface area contributed by atoms with Gasteiger partial charge in [0, 0.05) is 62.3 Å². The van der Waals surface area contributed by atoms with Gasteiger partial charge in [0.2, 0.25) is 0 Å². The number of ether oxygens (including phenoxy) is 1. The predicted octanol–water partition coefficient (Wildman–Crippen LogP) is 4.59. The van der Waals surface area contributed by atoms with Crippen LogP contribution in [-0.2, 0) is 17.6 Å². The minimum Gasteiger partial charge on any atom is -0.375 e. The Bertz CT molecular complexity index is 994. The molecule has 164 valence electrons. The zero-order valence-electron chi connectivity index (χ0n) is 18.1. The summed E-state index contributed by atoms with van der Waals surface area (Å²) in [7, 11) is 1.76. The van der Waals surface area contributed by atoms with Gasteiger partial charge in [-0.25, -0.2) is 4.39 Å². The Morgan fingerprint density at radius 1 is 1.10 bits per heavy atom. The highest BCUT2D eigenvalue weighted by Crippen LogP contribution is 2.31. The van der Waals surface area contributed by atoms with Crippen LogP contribution in [0.15, 0.2) is 55.0 Å². The Balaban J connectivity index is 0.00000272. The van der Waals surface area contributed by atoms with Crippen molar-refractivity contribution in [3.05, 3.63) is 83.5 Å². The summed E-state index contributed by atoms with van der Waals surface area (Å²) < 4.78 is 18.9. The lowest BCUT2D eigenvalue weighted by atomic mass is 9.93. The quantitative estimate of drug-likeness (QED) is 0.535. The molecule has 0 spiro atoms. The van der Waals surface area contributed by atoms with Gasteiger partial charge in [-0.15, -0.1) is 12.4 Å². The van der Waals surface area contributed by atoms with Gasteiger partial charge in [-0.2, -0.15) is 0 Å². The van der Waals surface area contributed by atoms with Crippen LogP contribution in [0.5, 0.6) is 0 Å². The zero-order valence-corrected chi connectivity index (χ0v) is 18.9. The van der Waals surface area contributed by atoms with E-state index in [-0.39, 0.29) is 29.7 Å². The first-order valence-corrected chi connectivity index (χ1v) is 10.2. The van der Waals surface area contributed by atoms with Crippen molar-refractivity contribution in [1.29, 1.82) is 0 Å². The smallest absolute Gasteiger partial charge is 0.123 e. The third-order valence-corrected chi connectivity index (χ3v) is 5.76. The van der Waals surface area contributed by atoms with Crippen LogP contribution >= 0.6 is 12.4 Å². The summed E-state index contributed by atoms with van der Waals surface area (Å²) in [5, 5.41) is 0. The second kappa shape index (κ2) is 9.71. The highest BCUT2D eigenvalue weighted by atomic mass is 35.5. The highest BCUT2D eigenvalue weighted by molar-refractivity contribution is 5.85. The van der Waals surface area contributed by atoms with Crippen LogP contribution in [0.1, 0.15) is 42.4 Å². The van der Waals surface area contributed by atoms with Crippen molar-refractivity contribution in [3.63, 3.8) is 0 Å². The van der Waals surface area contributed by atoms with Crippen LogP contribution in [0, 0.1) is 5.82 Å². The van der Waals surface area contributed by atoms with Crippen LogP contribution in [0.2, 0.25) is 0 Å². The molecule has 7 heteroatoms. The molecule has 1 atom stereocenters. The summed E-state index contributed by atoms with van der Waals surface area (Å²) in [4.78, 5) is 15.8. The molecule has 0 bridgehead atoms. The van der Waals surface area contributed by atoms with Gasteiger partial charge in [-0.1, -0.05) is 19.1 Å². The highest BCUT2D eigenvalue weighted by Gasteiger charge is 2.39. The summed E-state index contributed by atoms with van der Waals surface area (Å²) in [5.74, 6) is 0.0228. The van der Waals surface area contributed by atoms with Crippen molar-refractivity contribution in [3.8, 4) is 0 Å². The van der Waals surface area contributed by atoms with E-state index >= 15 is 0 Å². The number of hydrogen-bond acceptors (Lipinski definition) is 5. The van der Waals surface area contributed by atoms with E-state index in [0.29, 0.717) is 6.42 Å². The summed E-state index contributed by atoms with van der Waals surface area (Å²) >= 11 is 0. The third-order valence-electron chi connectivity index (χ3n) is 5.76. The van der Waals surface area contributed by atoms with Gasteiger partial charge in [0.05, 0.1) is 11.3 Å². The molecule has 1 saturated heterocycles. The SMILES string of the molecule is COC1(C)CN(c2cc(Cc3cnccn3)nc(C[C@@H](C)c3ccc(F)cc3)c2)C1.Cl. The summed E-state index contributed by atoms with van der Waals surface area (Å²) in [6.07, 6.45) is 6.57. The summed E-state index contributed by atoms with van der Waals surface area (Å²) in [6, 6.07) is 11.0. The van der Waals surface area contributed by atoms with Crippen molar-refractivity contribution < 1.29 is 9.13 Å². The van der Waals surface area contributed by atoms with Gasteiger partial charge in [-0.05, 0) is 49.1 Å². The fraction of sp³-hybridized carbons (Fsp3) is 0.375. The molecule has 1 aromatic carbocycles. The summed E-state index contributed by atoms with van der Waals surface area (Å²) in [6.45, 7) is 5.98. The van der Waals surface area contributed by atoms with Crippen molar-refractivity contribution in [2.45, 2.75) is 38.2 Å². The molecule has 1 fully saturated rings. The van der Waals surface area contributed by atoms with E-state index in [1.54, 1.807) is 25.7 Å². The molecule has 0 saturated carbocycles. The van der Waals surface area contributed by atoms with Gasteiger partial charge in [0.15, 0.2) is 0 Å². The second-order valence-corrected chi connectivity index (χ2v) is 8.35. The monoisotopic (exact) mass is 442 g/mol. The van der Waals surface area contributed by atoms with E-state index in [1.807, 2.05) is 12.1 Å². The van der Waals surface area contributed by atoms with Gasteiger partial charge in [0.1, 0.15) is 5.82 Å². The van der Waals surface area contributed by atoms with E-state index in [2.05, 4.69) is 40.8 Å². The molecule has 3 heterocycles. The molecule has 0 aliphatic carbocycles. The Kier molecular flexibility index (Phi) is 7.23. The predicted molar refractivity (Wildman–Crippen MR) is 122 cm³/mol. The first-order chi connectivity index (χ1) is 14.4. The fourth-order valence-electron chi connectivity index (χ4n) is 3.91. The number of hydrogen-bond donors (Lipinski definition) is 0. The molecule has 1 aliphatic heterocycles. The van der Waals surface area contributed by atoms with E-state index in [4.69, 9.17) is 9.72 Å². The standard InChI is InChI=1S/C24H27FN4O.ClH/c1-17(18-4-6-19(25)7-5-18)10-20-12-23(29-15-24(2,16-29)30-3)13-21(28-20)11-22-14-26-8-9-27-22;/h4-9,12-14,17H,10-11,15-16H2,1-3H3;1H/t17-;/m1./s1. The van der Waals surface area contributed by atoms with Gasteiger partial charge >= 0.3 is 0 Å². The minimum absolute atomic E-state index is 0. The molecular weight excluding hydrogens is 415 g/mol. The Hall–Kier alpha value is -2.57. The Morgan fingerprint density at radius 3 is 2.45 bits per heavy atom. The van der Waals surface area contributed by atoms with Crippen LogP contribution in [0.4, 0.5) is 10.1 Å². The van der Waals surface area contributed by atoms with Crippen molar-refractivity contribution >= 4 is 18.1 Å². The number of aromatic nitrogens is 3. The molecule has 0 unspecified atom stereocenters. The van der Waals surface area contributed by atoms with Crippen molar-refractivity contribution in [2.24, 2.45) is 0 Å². The Morgan fingerprint density at radius 2 is 1.81 bits per heavy atom. The number of anilines is 1. The maximum Gasteiger partial charge on any atom is 0.123 e. The van der Waals surface area contributed by atoms with E-state index in [0.717, 1.165) is 47.8 Å². The second-order valence-electron chi connectivity index (χ2n) is 8.35. The van der Waals surface area contributed by atoms with Crippen molar-refractivity contribution in [1.82, 2.24) is 15.0 Å². The Labute approximate surface area is 189 Å². The molecule has 31 heavy (non-hydrogen) atoms. The van der Waals surface area contributed by atoms with Crippen LogP contribution in [0.3, 0.4) is 0 Å². The van der Waals surface area contributed by atoms with Crippen LogP contribution < -0.4 is 4.90 Å². The zero-order chi connectivity index (χ0) is 21.1. The number of benzene rings is 1. The number of pyridine rings is 1. The minimum atomic E-state index is -0.212. The molecule has 0 radical (unpaired) electrons. The van der Waals surface area contributed by atoms with E-state index in [1.165, 1.54) is 12.1 Å². The number of rotatable bonds is 7. The molecule has 2 aromatic heterocycles. The molecular formula is C24H28ClFN4O. The first kappa shape index (κ1) is 23.1. The first-order valence-electron chi connectivity index (χ1n) is 10.2. The largest absolute Gasteiger partial charge is 0.375 e. The lowest BCUT2D eigenvalue weighted by molar-refractivity contribution is -0.0167. The number of methoxy groups -OCH3 is 1. The van der Waals surface area contributed by atoms with Crippen LogP contribution in [-0.4, -0.2) is 40.8 Å². The average molecular weight is 443 g/mol. The normalized spacial score (nSPS) is 15.7. The molecule has 1 aliphatic rings. The van der Waals surface area contributed by atoms with E-state index in [9.17, 15) is 4.39 Å². The molecule has 4 rings (SSSR count). The van der Waals surface area contributed by atoms with Crippen LogP contribution in [0.25, 0.3) is 0 Å². The molecule has 3 aromatic rings. The average Bonchev–Trinajstić information content (AvgIpc) is 2.72. The third kappa shape index (κ3) is 5.57. The maximum absolute atomic E-state index is 13.3. The van der Waals surface area contributed by atoms with Gasteiger partial charge in [0.25, 0.3) is 0 Å². The molecule has 5 nitrogen and oxygen atoms in total. The topological polar surface area (TPSA) is 51.1 Å². The lowest BCUT2D eigenvalue weighted by Gasteiger charge is -2.48. The fourth-order valence-corrected chi connectivity index (χ4v) is 3.91. The van der Waals surface area contributed by atoms with Gasteiger partial charge < -0.3 is 9.64 Å². The lowest BCUT2D eigenvalue weighted by Crippen LogP contribution is -2.61. The summed E-state index contributed by atoms with van der Waals surface area (Å²) in [5.41, 5.74) is 5.05. The van der Waals surface area contributed by atoms with Gasteiger partial charge in [-0.3, -0.25) is 15.0 Å². The van der Waals surface area contributed by atoms with E-state index < -0.39 is 0 Å².